The number of aliphatic hydroxyl groups is 1. The van der Waals surface area contributed by atoms with E-state index in [9.17, 15) is 23.1 Å². The van der Waals surface area contributed by atoms with Gasteiger partial charge in [0.1, 0.15) is 18.0 Å². The molecule has 2 heterocycles. The minimum atomic E-state index is -4.34. The van der Waals surface area contributed by atoms with Crippen LogP contribution in [0.4, 0.5) is 24.8 Å². The number of carbonyl (C=O) groups excluding carboxylic acids is 1. The van der Waals surface area contributed by atoms with Gasteiger partial charge in [-0.1, -0.05) is 30.3 Å². The highest BCUT2D eigenvalue weighted by molar-refractivity contribution is 5.94. The van der Waals surface area contributed by atoms with Crippen LogP contribution in [0.5, 0.6) is 0 Å². The summed E-state index contributed by atoms with van der Waals surface area (Å²) in [5.41, 5.74) is 0.750. The second-order valence-corrected chi connectivity index (χ2v) is 6.44. The van der Waals surface area contributed by atoms with Gasteiger partial charge in [0.15, 0.2) is 0 Å². The van der Waals surface area contributed by atoms with E-state index in [1.807, 2.05) is 18.2 Å². The van der Waals surface area contributed by atoms with Gasteiger partial charge in [-0.15, -0.1) is 0 Å². The molecule has 0 saturated carbocycles. The van der Waals surface area contributed by atoms with Gasteiger partial charge >= 0.3 is 6.18 Å². The summed E-state index contributed by atoms with van der Waals surface area (Å²) in [5.74, 6) is 0.262. The lowest BCUT2D eigenvalue weighted by atomic mass is 10.1. The molecular weight excluding hydrogens is 375 g/mol. The van der Waals surface area contributed by atoms with Crippen LogP contribution in [-0.2, 0) is 4.79 Å². The van der Waals surface area contributed by atoms with Crippen molar-refractivity contribution in [1.82, 2.24) is 14.9 Å². The molecule has 0 unspecified atom stereocenters. The standard InChI is InChI=1S/C18H20F3N5O2/c19-18(20,21)11-25-6-7-26(17(28)10-25)16-8-15(23-12-24-16)22-9-14(27)13-4-2-1-3-5-13/h1-5,8,12,14,27H,6-7,9-11H2,(H,22,23,24)/t14-/m0/s1. The highest BCUT2D eigenvalue weighted by Gasteiger charge is 2.35. The normalized spacial score (nSPS) is 16.9. The summed E-state index contributed by atoms with van der Waals surface area (Å²) < 4.78 is 37.5. The van der Waals surface area contributed by atoms with Gasteiger partial charge in [0.2, 0.25) is 5.91 Å². The molecule has 1 aliphatic heterocycles. The number of rotatable bonds is 6. The first-order chi connectivity index (χ1) is 13.3. The Kier molecular flexibility index (Phi) is 6.10. The number of carbonyl (C=O) groups is 1. The molecule has 28 heavy (non-hydrogen) atoms. The number of amides is 1. The average Bonchev–Trinajstić information content (AvgIpc) is 2.66. The van der Waals surface area contributed by atoms with Crippen LogP contribution in [0.1, 0.15) is 11.7 Å². The zero-order valence-electron chi connectivity index (χ0n) is 14.9. The summed E-state index contributed by atoms with van der Waals surface area (Å²) in [4.78, 5) is 22.8. The molecule has 10 heteroatoms. The first-order valence-electron chi connectivity index (χ1n) is 8.70. The van der Waals surface area contributed by atoms with Gasteiger partial charge < -0.3 is 10.4 Å². The fraction of sp³-hybridized carbons (Fsp3) is 0.389. The zero-order chi connectivity index (χ0) is 20.1. The third kappa shape index (κ3) is 5.40. The highest BCUT2D eigenvalue weighted by Crippen LogP contribution is 2.21. The molecule has 0 radical (unpaired) electrons. The third-order valence-electron chi connectivity index (χ3n) is 4.29. The maximum absolute atomic E-state index is 12.5. The van der Waals surface area contributed by atoms with Crippen molar-refractivity contribution in [2.75, 3.05) is 42.9 Å². The highest BCUT2D eigenvalue weighted by atomic mass is 19.4. The molecule has 1 fully saturated rings. The van der Waals surface area contributed by atoms with E-state index in [-0.39, 0.29) is 26.2 Å². The molecular formula is C18H20F3N5O2. The molecule has 1 amide bonds. The molecule has 0 bridgehead atoms. The molecule has 7 nitrogen and oxygen atoms in total. The molecule has 0 aliphatic carbocycles. The summed E-state index contributed by atoms with van der Waals surface area (Å²) in [5, 5.41) is 13.2. The largest absolute Gasteiger partial charge is 0.401 e. The molecule has 1 aliphatic rings. The van der Waals surface area contributed by atoms with E-state index >= 15 is 0 Å². The number of halogens is 3. The van der Waals surface area contributed by atoms with Crippen molar-refractivity contribution >= 4 is 17.5 Å². The van der Waals surface area contributed by atoms with Crippen molar-refractivity contribution in [1.29, 1.82) is 0 Å². The number of anilines is 2. The van der Waals surface area contributed by atoms with Crippen molar-refractivity contribution in [2.24, 2.45) is 0 Å². The Hall–Kier alpha value is -2.72. The number of benzene rings is 1. The van der Waals surface area contributed by atoms with Crippen LogP contribution in [0.15, 0.2) is 42.7 Å². The lowest BCUT2D eigenvalue weighted by molar-refractivity contribution is -0.150. The van der Waals surface area contributed by atoms with E-state index in [1.54, 1.807) is 12.1 Å². The Bertz CT molecular complexity index is 803. The Balaban J connectivity index is 1.60. The Morgan fingerprint density at radius 1 is 1.18 bits per heavy atom. The first kappa shape index (κ1) is 20.0. The molecule has 2 aromatic rings. The molecule has 1 aromatic carbocycles. The van der Waals surface area contributed by atoms with Crippen molar-refractivity contribution in [2.45, 2.75) is 12.3 Å². The summed E-state index contributed by atoms with van der Waals surface area (Å²) in [6.45, 7) is -1.02. The minimum absolute atomic E-state index is 0.102. The fourth-order valence-electron chi connectivity index (χ4n) is 2.94. The maximum atomic E-state index is 12.5. The lowest BCUT2D eigenvalue weighted by Crippen LogP contribution is -2.52. The van der Waals surface area contributed by atoms with Gasteiger partial charge in [-0.05, 0) is 5.56 Å². The molecule has 0 spiro atoms. The number of piperazine rings is 1. The van der Waals surface area contributed by atoms with Gasteiger partial charge in [0.05, 0.1) is 19.2 Å². The molecule has 2 N–H and O–H groups in total. The van der Waals surface area contributed by atoms with Crippen LogP contribution in [0, 0.1) is 0 Å². The SMILES string of the molecule is O=C1CN(CC(F)(F)F)CCN1c1cc(NC[C@H](O)c2ccccc2)ncn1. The molecule has 1 aromatic heterocycles. The maximum Gasteiger partial charge on any atom is 0.401 e. The molecule has 150 valence electrons. The van der Waals surface area contributed by atoms with Crippen molar-refractivity contribution in [3.8, 4) is 0 Å². The lowest BCUT2D eigenvalue weighted by Gasteiger charge is -2.33. The number of aliphatic hydroxyl groups excluding tert-OH is 1. The Labute approximate surface area is 159 Å². The summed E-state index contributed by atoms with van der Waals surface area (Å²) >= 11 is 0. The van der Waals surface area contributed by atoms with E-state index in [2.05, 4.69) is 15.3 Å². The number of alkyl halides is 3. The number of nitrogens with zero attached hydrogens (tertiary/aromatic N) is 4. The molecule has 1 saturated heterocycles. The van der Waals surface area contributed by atoms with E-state index < -0.39 is 24.7 Å². The van der Waals surface area contributed by atoms with Gasteiger partial charge in [0.25, 0.3) is 0 Å². The summed E-state index contributed by atoms with van der Waals surface area (Å²) in [6.07, 6.45) is -3.82. The zero-order valence-corrected chi connectivity index (χ0v) is 14.9. The van der Waals surface area contributed by atoms with E-state index in [4.69, 9.17) is 0 Å². The van der Waals surface area contributed by atoms with Crippen LogP contribution in [0.3, 0.4) is 0 Å². The van der Waals surface area contributed by atoms with Crippen LogP contribution in [0.2, 0.25) is 0 Å². The van der Waals surface area contributed by atoms with Gasteiger partial charge in [-0.2, -0.15) is 13.2 Å². The fourth-order valence-corrected chi connectivity index (χ4v) is 2.94. The van der Waals surface area contributed by atoms with Crippen LogP contribution < -0.4 is 10.2 Å². The predicted octanol–water partition coefficient (Wildman–Crippen LogP) is 1.83. The van der Waals surface area contributed by atoms with Crippen LogP contribution >= 0.6 is 0 Å². The second-order valence-electron chi connectivity index (χ2n) is 6.44. The van der Waals surface area contributed by atoms with Crippen molar-refractivity contribution in [3.63, 3.8) is 0 Å². The third-order valence-corrected chi connectivity index (χ3v) is 4.29. The van der Waals surface area contributed by atoms with E-state index in [0.29, 0.717) is 11.6 Å². The molecule has 1 atom stereocenters. The number of hydrogen-bond acceptors (Lipinski definition) is 6. The monoisotopic (exact) mass is 395 g/mol. The smallest absolute Gasteiger partial charge is 0.387 e. The summed E-state index contributed by atoms with van der Waals surface area (Å²) in [7, 11) is 0. The second kappa shape index (κ2) is 8.53. The number of aromatic nitrogens is 2. The van der Waals surface area contributed by atoms with Crippen molar-refractivity contribution in [3.05, 3.63) is 48.3 Å². The molecule has 3 rings (SSSR count). The first-order valence-corrected chi connectivity index (χ1v) is 8.70. The van der Waals surface area contributed by atoms with Crippen LogP contribution in [0.25, 0.3) is 0 Å². The minimum Gasteiger partial charge on any atom is -0.387 e. The topological polar surface area (TPSA) is 81.6 Å². The number of hydrogen-bond donors (Lipinski definition) is 2. The quantitative estimate of drug-likeness (QED) is 0.777. The van der Waals surface area contributed by atoms with E-state index in [0.717, 1.165) is 10.5 Å². The predicted molar refractivity (Wildman–Crippen MR) is 96.8 cm³/mol. The van der Waals surface area contributed by atoms with Gasteiger partial charge in [-0.3, -0.25) is 14.6 Å². The van der Waals surface area contributed by atoms with E-state index in [1.165, 1.54) is 17.3 Å². The number of nitrogens with one attached hydrogen (secondary N) is 1. The summed E-state index contributed by atoms with van der Waals surface area (Å²) in [6, 6.07) is 10.6. The average molecular weight is 395 g/mol. The van der Waals surface area contributed by atoms with Gasteiger partial charge in [-0.25, -0.2) is 9.97 Å². The van der Waals surface area contributed by atoms with Crippen molar-refractivity contribution < 1.29 is 23.1 Å². The Morgan fingerprint density at radius 3 is 2.61 bits per heavy atom. The van der Waals surface area contributed by atoms with Crippen LogP contribution in [-0.4, -0.2) is 64.8 Å². The Morgan fingerprint density at radius 2 is 1.93 bits per heavy atom. The van der Waals surface area contributed by atoms with Gasteiger partial charge in [0, 0.05) is 25.7 Å².